The first kappa shape index (κ1) is 26.6. The van der Waals surface area contributed by atoms with E-state index in [0.717, 1.165) is 17.7 Å². The molecule has 2 amide bonds. The fourth-order valence-electron chi connectivity index (χ4n) is 4.49. The van der Waals surface area contributed by atoms with Crippen LogP contribution in [0.15, 0.2) is 48.7 Å². The Kier molecular flexibility index (Phi) is 7.76. The molecule has 3 N–H and O–H groups in total. The molecule has 0 saturated carbocycles. The summed E-state index contributed by atoms with van der Waals surface area (Å²) in [6, 6.07) is 8.49. The van der Waals surface area contributed by atoms with E-state index in [9.17, 15) is 14.0 Å². The van der Waals surface area contributed by atoms with Crippen LogP contribution in [0.25, 0.3) is 17.2 Å². The van der Waals surface area contributed by atoms with Gasteiger partial charge in [-0.25, -0.2) is 13.8 Å². The summed E-state index contributed by atoms with van der Waals surface area (Å²) in [6.45, 7) is 1.56. The van der Waals surface area contributed by atoms with Gasteiger partial charge in [-0.05, 0) is 53.6 Å². The number of ether oxygens (including phenoxy) is 2. The highest BCUT2D eigenvalue weighted by Gasteiger charge is 2.28. The van der Waals surface area contributed by atoms with E-state index in [2.05, 4.69) is 10.3 Å². The van der Waals surface area contributed by atoms with Crippen LogP contribution in [0, 0.1) is 11.6 Å². The second-order valence-corrected chi connectivity index (χ2v) is 9.61. The summed E-state index contributed by atoms with van der Waals surface area (Å²) in [7, 11) is 0. The Morgan fingerprint density at radius 1 is 1.15 bits per heavy atom. The highest BCUT2D eigenvalue weighted by molar-refractivity contribution is 6.32. The summed E-state index contributed by atoms with van der Waals surface area (Å²) >= 11 is 6.43. The number of nitrogen functional groups attached to an aromatic ring is 1. The molecule has 39 heavy (non-hydrogen) atoms. The quantitative estimate of drug-likeness (QED) is 0.448. The number of hydrogen-bond acceptors (Lipinski definition) is 6. The maximum atomic E-state index is 15.1. The molecule has 5 rings (SSSR count). The smallest absolute Gasteiger partial charge is 0.257 e. The van der Waals surface area contributed by atoms with Crippen LogP contribution in [-0.2, 0) is 16.0 Å². The number of fused-ring (bicyclic) bond motifs is 1. The zero-order valence-corrected chi connectivity index (χ0v) is 21.5. The molecule has 1 fully saturated rings. The third kappa shape index (κ3) is 6.02. The number of carbonyl (C=O) groups is 2. The van der Waals surface area contributed by atoms with Crippen LogP contribution in [0.4, 0.5) is 14.6 Å². The van der Waals surface area contributed by atoms with E-state index in [4.69, 9.17) is 26.8 Å². The lowest BCUT2D eigenvalue weighted by Gasteiger charge is -2.27. The molecule has 3 aromatic rings. The van der Waals surface area contributed by atoms with Crippen molar-refractivity contribution >= 4 is 35.3 Å². The molecule has 0 radical (unpaired) electrons. The van der Waals surface area contributed by atoms with Gasteiger partial charge in [-0.1, -0.05) is 11.6 Å². The number of aromatic nitrogens is 1. The molecule has 0 bridgehead atoms. The topological polar surface area (TPSA) is 107 Å². The van der Waals surface area contributed by atoms with Crippen LogP contribution < -0.4 is 15.8 Å². The monoisotopic (exact) mass is 554 g/mol. The minimum atomic E-state index is -0.820. The van der Waals surface area contributed by atoms with Crippen LogP contribution in [0.5, 0.6) is 5.75 Å². The third-order valence-corrected chi connectivity index (χ3v) is 6.77. The van der Waals surface area contributed by atoms with Crippen molar-refractivity contribution in [2.45, 2.75) is 12.5 Å². The average molecular weight is 555 g/mol. The van der Waals surface area contributed by atoms with Gasteiger partial charge in [0.15, 0.2) is 0 Å². The maximum Gasteiger partial charge on any atom is 0.257 e. The molecule has 0 aliphatic carbocycles. The van der Waals surface area contributed by atoms with Crippen molar-refractivity contribution in [2.24, 2.45) is 0 Å². The van der Waals surface area contributed by atoms with Gasteiger partial charge in [0, 0.05) is 42.9 Å². The number of benzene rings is 2. The number of morpholine rings is 1. The molecule has 1 atom stereocenters. The van der Waals surface area contributed by atoms with Gasteiger partial charge in [0.05, 0.1) is 30.3 Å². The van der Waals surface area contributed by atoms with Gasteiger partial charge < -0.3 is 25.4 Å². The van der Waals surface area contributed by atoms with Gasteiger partial charge in [-0.3, -0.25) is 9.59 Å². The van der Waals surface area contributed by atoms with Crippen molar-refractivity contribution < 1.29 is 27.8 Å². The summed E-state index contributed by atoms with van der Waals surface area (Å²) in [6.07, 6.45) is 4.57. The number of carbonyl (C=O) groups excluding carboxylic acids is 2. The minimum Gasteiger partial charge on any atom is -0.486 e. The highest BCUT2D eigenvalue weighted by Crippen LogP contribution is 2.40. The lowest BCUT2D eigenvalue weighted by molar-refractivity contribution is -0.116. The van der Waals surface area contributed by atoms with Crippen molar-refractivity contribution in [3.63, 3.8) is 0 Å². The Hall–Kier alpha value is -4.02. The SMILES string of the molecule is Nc1ccc(C=CC(=O)NCC2Cc3cc(-c4cc(F)c(C(=O)N5CCOCC5)cc4F)cc(Cl)c3O2)cn1. The summed E-state index contributed by atoms with van der Waals surface area (Å²) < 4.78 is 41.2. The van der Waals surface area contributed by atoms with E-state index in [0.29, 0.717) is 55.4 Å². The number of pyridine rings is 1. The van der Waals surface area contributed by atoms with Gasteiger partial charge in [-0.2, -0.15) is 0 Å². The molecule has 3 heterocycles. The largest absolute Gasteiger partial charge is 0.486 e. The van der Waals surface area contributed by atoms with Gasteiger partial charge in [0.25, 0.3) is 5.91 Å². The number of nitrogens with two attached hydrogens (primary N) is 1. The Labute approximate surface area is 228 Å². The van der Waals surface area contributed by atoms with Gasteiger partial charge in [0.1, 0.15) is 29.3 Å². The average Bonchev–Trinajstić information content (AvgIpc) is 3.36. The molecule has 2 aliphatic rings. The van der Waals surface area contributed by atoms with Crippen molar-refractivity contribution in [3.05, 3.63) is 82.0 Å². The Balaban J connectivity index is 1.26. The van der Waals surface area contributed by atoms with Crippen LogP contribution in [0.1, 0.15) is 21.5 Å². The number of amides is 2. The molecular formula is C28H25ClF2N4O4. The zero-order valence-electron chi connectivity index (χ0n) is 20.8. The van der Waals surface area contributed by atoms with Crippen molar-refractivity contribution in [1.29, 1.82) is 0 Å². The summed E-state index contributed by atoms with van der Waals surface area (Å²) in [5.74, 6) is -1.63. The summed E-state index contributed by atoms with van der Waals surface area (Å²) in [5, 5.41) is 3.01. The molecule has 11 heteroatoms. The predicted octanol–water partition coefficient (Wildman–Crippen LogP) is 3.87. The molecule has 8 nitrogen and oxygen atoms in total. The predicted molar refractivity (Wildman–Crippen MR) is 142 cm³/mol. The molecule has 0 spiro atoms. The molecule has 1 aromatic heterocycles. The van der Waals surface area contributed by atoms with E-state index in [1.807, 2.05) is 0 Å². The first-order valence-electron chi connectivity index (χ1n) is 12.3. The first-order valence-corrected chi connectivity index (χ1v) is 12.7. The van der Waals surface area contributed by atoms with E-state index < -0.39 is 23.6 Å². The van der Waals surface area contributed by atoms with Crippen molar-refractivity contribution in [1.82, 2.24) is 15.2 Å². The molecule has 1 unspecified atom stereocenters. The number of hydrogen-bond donors (Lipinski definition) is 2. The van der Waals surface area contributed by atoms with Gasteiger partial charge in [-0.15, -0.1) is 0 Å². The first-order chi connectivity index (χ1) is 18.8. The Bertz CT molecular complexity index is 1440. The van der Waals surface area contributed by atoms with Crippen LogP contribution in [0.2, 0.25) is 5.02 Å². The fraction of sp³-hybridized carbons (Fsp3) is 0.250. The molecule has 1 saturated heterocycles. The molecule has 2 aliphatic heterocycles. The number of rotatable bonds is 6. The van der Waals surface area contributed by atoms with Crippen LogP contribution >= 0.6 is 11.6 Å². The molecular weight excluding hydrogens is 530 g/mol. The minimum absolute atomic E-state index is 0.0187. The van der Waals surface area contributed by atoms with Gasteiger partial charge >= 0.3 is 0 Å². The third-order valence-electron chi connectivity index (χ3n) is 6.49. The van der Waals surface area contributed by atoms with E-state index in [-0.39, 0.29) is 28.6 Å². The lowest BCUT2D eigenvalue weighted by atomic mass is 9.98. The van der Waals surface area contributed by atoms with Crippen LogP contribution in [0.3, 0.4) is 0 Å². The number of halogens is 3. The van der Waals surface area contributed by atoms with E-state index >= 15 is 4.39 Å². The number of nitrogens with zero attached hydrogens (tertiary/aromatic N) is 2. The summed E-state index contributed by atoms with van der Waals surface area (Å²) in [4.78, 5) is 30.3. The van der Waals surface area contributed by atoms with E-state index in [1.165, 1.54) is 17.0 Å². The Morgan fingerprint density at radius 3 is 2.69 bits per heavy atom. The van der Waals surface area contributed by atoms with Crippen molar-refractivity contribution in [2.75, 3.05) is 38.6 Å². The second kappa shape index (κ2) is 11.4. The van der Waals surface area contributed by atoms with Gasteiger partial charge in [0.2, 0.25) is 5.91 Å². The zero-order chi connectivity index (χ0) is 27.5. The van der Waals surface area contributed by atoms with Crippen molar-refractivity contribution in [3.8, 4) is 16.9 Å². The number of anilines is 1. The normalized spacial score (nSPS) is 16.7. The lowest BCUT2D eigenvalue weighted by Crippen LogP contribution is -2.41. The highest BCUT2D eigenvalue weighted by atomic mass is 35.5. The molecule has 202 valence electrons. The second-order valence-electron chi connectivity index (χ2n) is 9.20. The Morgan fingerprint density at radius 2 is 1.95 bits per heavy atom. The summed E-state index contributed by atoms with van der Waals surface area (Å²) in [5.41, 5.74) is 6.99. The maximum absolute atomic E-state index is 15.1. The molecule has 2 aromatic carbocycles. The fourth-order valence-corrected chi connectivity index (χ4v) is 4.77. The standard InChI is InChI=1S/C28H25ClF2N4O4/c29-22-11-17(20-12-24(31)21(13-23(20)30)28(37)35-5-7-38-8-6-35)9-18-10-19(39-27(18)22)15-34-26(36)4-2-16-1-3-25(32)33-14-16/h1-4,9,11-14,19H,5-8,10,15H2,(H2,32,33)(H,34,36). The van der Waals surface area contributed by atoms with E-state index in [1.54, 1.807) is 30.5 Å². The number of nitrogens with one attached hydrogen (secondary N) is 1. The van der Waals surface area contributed by atoms with Crippen LogP contribution in [-0.4, -0.2) is 60.7 Å².